The first-order valence-electron chi connectivity index (χ1n) is 8.33. The molecule has 1 N–H and O–H groups in total. The molecule has 2 aromatic carbocycles. The summed E-state index contributed by atoms with van der Waals surface area (Å²) in [4.78, 5) is 27.2. The van der Waals surface area contributed by atoms with Crippen LogP contribution in [0.25, 0.3) is 0 Å². The normalized spacial score (nSPS) is 13.5. The van der Waals surface area contributed by atoms with E-state index in [9.17, 15) is 14.0 Å². The smallest absolute Gasteiger partial charge is 0.242 e. The van der Waals surface area contributed by atoms with Crippen LogP contribution >= 0.6 is 0 Å². The third-order valence-corrected chi connectivity index (χ3v) is 4.63. The lowest BCUT2D eigenvalue weighted by atomic mass is 9.90. The molecule has 4 nitrogen and oxygen atoms in total. The molecule has 0 aliphatic carbocycles. The number of hydrogen-bond donors (Lipinski definition) is 1. The molecule has 0 unspecified atom stereocenters. The number of carbonyl (C=O) groups excluding carboxylic acids is 2. The van der Waals surface area contributed by atoms with E-state index in [4.69, 9.17) is 0 Å². The third kappa shape index (κ3) is 3.27. The van der Waals surface area contributed by atoms with Crippen LogP contribution < -0.4 is 10.2 Å². The molecule has 25 heavy (non-hydrogen) atoms. The molecule has 0 aromatic heterocycles. The maximum atomic E-state index is 13.7. The van der Waals surface area contributed by atoms with Crippen LogP contribution in [0.1, 0.15) is 25.0 Å². The number of rotatable bonds is 4. The molecule has 0 atom stereocenters. The van der Waals surface area contributed by atoms with Gasteiger partial charge in [-0.25, -0.2) is 4.39 Å². The van der Waals surface area contributed by atoms with Gasteiger partial charge in [0.15, 0.2) is 0 Å². The van der Waals surface area contributed by atoms with E-state index in [-0.39, 0.29) is 18.3 Å². The fourth-order valence-corrected chi connectivity index (χ4v) is 3.02. The SMILES string of the molecule is CC(C)(C(=O)NCc1ccccc1F)C(=O)N1CCc2ccccc21. The molecule has 0 saturated heterocycles. The van der Waals surface area contributed by atoms with Gasteiger partial charge in [0.05, 0.1) is 0 Å². The van der Waals surface area contributed by atoms with Gasteiger partial charge in [0.1, 0.15) is 11.2 Å². The Hall–Kier alpha value is -2.69. The van der Waals surface area contributed by atoms with Gasteiger partial charge in [-0.05, 0) is 38.0 Å². The van der Waals surface area contributed by atoms with E-state index >= 15 is 0 Å². The van der Waals surface area contributed by atoms with Gasteiger partial charge < -0.3 is 10.2 Å². The molecule has 0 fully saturated rings. The number of hydrogen-bond acceptors (Lipinski definition) is 2. The van der Waals surface area contributed by atoms with Crippen molar-refractivity contribution in [1.29, 1.82) is 0 Å². The topological polar surface area (TPSA) is 49.4 Å². The van der Waals surface area contributed by atoms with Crippen molar-refractivity contribution in [2.24, 2.45) is 5.41 Å². The minimum absolute atomic E-state index is 0.0544. The van der Waals surface area contributed by atoms with Crippen molar-refractivity contribution < 1.29 is 14.0 Å². The summed E-state index contributed by atoms with van der Waals surface area (Å²) >= 11 is 0. The van der Waals surface area contributed by atoms with Crippen LogP contribution in [0.15, 0.2) is 48.5 Å². The Morgan fingerprint density at radius 3 is 2.56 bits per heavy atom. The minimum Gasteiger partial charge on any atom is -0.351 e. The number of halogens is 1. The molecule has 2 amide bonds. The number of para-hydroxylation sites is 1. The predicted octanol–water partition coefficient (Wildman–Crippen LogP) is 3.06. The number of carbonyl (C=O) groups is 2. The van der Waals surface area contributed by atoms with Gasteiger partial charge in [-0.3, -0.25) is 9.59 Å². The molecule has 3 rings (SSSR count). The average Bonchev–Trinajstić information content (AvgIpc) is 3.04. The second kappa shape index (κ2) is 6.67. The van der Waals surface area contributed by atoms with Gasteiger partial charge in [0, 0.05) is 24.3 Å². The fourth-order valence-electron chi connectivity index (χ4n) is 3.02. The van der Waals surface area contributed by atoms with Crippen molar-refractivity contribution in [2.45, 2.75) is 26.8 Å². The molecular formula is C20H21FN2O2. The van der Waals surface area contributed by atoms with Crippen molar-refractivity contribution in [3.05, 3.63) is 65.5 Å². The van der Waals surface area contributed by atoms with Crippen molar-refractivity contribution in [3.8, 4) is 0 Å². The summed E-state index contributed by atoms with van der Waals surface area (Å²) in [5, 5.41) is 2.68. The summed E-state index contributed by atoms with van der Waals surface area (Å²) in [6.45, 7) is 3.83. The van der Waals surface area contributed by atoms with Crippen LogP contribution in [0.5, 0.6) is 0 Å². The van der Waals surface area contributed by atoms with Crippen LogP contribution in [0.2, 0.25) is 0 Å². The fraction of sp³-hybridized carbons (Fsp3) is 0.300. The zero-order valence-electron chi connectivity index (χ0n) is 14.4. The maximum Gasteiger partial charge on any atom is 0.242 e. The van der Waals surface area contributed by atoms with Gasteiger partial charge in [-0.1, -0.05) is 36.4 Å². The Morgan fingerprint density at radius 1 is 1.12 bits per heavy atom. The summed E-state index contributed by atoms with van der Waals surface area (Å²) in [7, 11) is 0. The zero-order chi connectivity index (χ0) is 18.0. The number of amides is 2. The molecule has 5 heteroatoms. The van der Waals surface area contributed by atoms with Gasteiger partial charge in [-0.15, -0.1) is 0 Å². The molecule has 1 aliphatic rings. The second-order valence-electron chi connectivity index (χ2n) is 6.73. The molecule has 0 bridgehead atoms. The standard InChI is InChI=1S/C20H21FN2O2/c1-20(2,18(24)22-13-15-8-3-5-9-16(15)21)19(25)23-12-11-14-7-4-6-10-17(14)23/h3-10H,11-13H2,1-2H3,(H,22,24). The lowest BCUT2D eigenvalue weighted by molar-refractivity contribution is -0.139. The summed E-state index contributed by atoms with van der Waals surface area (Å²) < 4.78 is 13.7. The number of nitrogens with one attached hydrogen (secondary N) is 1. The first-order chi connectivity index (χ1) is 11.9. The Kier molecular flexibility index (Phi) is 4.57. The first-order valence-corrected chi connectivity index (χ1v) is 8.33. The highest BCUT2D eigenvalue weighted by Gasteiger charge is 2.41. The van der Waals surface area contributed by atoms with E-state index < -0.39 is 11.3 Å². The molecular weight excluding hydrogens is 319 g/mol. The number of benzene rings is 2. The Morgan fingerprint density at radius 2 is 1.80 bits per heavy atom. The first kappa shape index (κ1) is 17.1. The van der Waals surface area contributed by atoms with E-state index in [0.29, 0.717) is 12.1 Å². The number of anilines is 1. The molecule has 130 valence electrons. The van der Waals surface area contributed by atoms with E-state index in [2.05, 4.69) is 5.32 Å². The third-order valence-electron chi connectivity index (χ3n) is 4.63. The van der Waals surface area contributed by atoms with E-state index in [0.717, 1.165) is 17.7 Å². The van der Waals surface area contributed by atoms with Gasteiger partial charge in [0.25, 0.3) is 0 Å². The van der Waals surface area contributed by atoms with Crippen molar-refractivity contribution in [1.82, 2.24) is 5.32 Å². The van der Waals surface area contributed by atoms with E-state index in [1.54, 1.807) is 36.9 Å². The molecule has 1 heterocycles. The van der Waals surface area contributed by atoms with E-state index in [1.165, 1.54) is 6.07 Å². The van der Waals surface area contributed by atoms with Crippen LogP contribution in [-0.4, -0.2) is 18.4 Å². The lowest BCUT2D eigenvalue weighted by Crippen LogP contribution is -2.49. The summed E-state index contributed by atoms with van der Waals surface area (Å²) in [6, 6.07) is 14.0. The molecule has 2 aromatic rings. The van der Waals surface area contributed by atoms with Gasteiger partial charge >= 0.3 is 0 Å². The maximum absolute atomic E-state index is 13.7. The van der Waals surface area contributed by atoms with Gasteiger partial charge in [0.2, 0.25) is 11.8 Å². The monoisotopic (exact) mass is 340 g/mol. The molecule has 0 radical (unpaired) electrons. The van der Waals surface area contributed by atoms with Crippen molar-refractivity contribution >= 4 is 17.5 Å². The minimum atomic E-state index is -1.23. The highest BCUT2D eigenvalue weighted by atomic mass is 19.1. The van der Waals surface area contributed by atoms with Crippen LogP contribution in [0, 0.1) is 11.2 Å². The number of nitrogens with zero attached hydrogens (tertiary/aromatic N) is 1. The Labute approximate surface area is 146 Å². The summed E-state index contributed by atoms with van der Waals surface area (Å²) in [6.07, 6.45) is 0.787. The highest BCUT2D eigenvalue weighted by Crippen LogP contribution is 2.32. The Bertz CT molecular complexity index is 817. The van der Waals surface area contributed by atoms with Crippen molar-refractivity contribution in [3.63, 3.8) is 0 Å². The summed E-state index contributed by atoms with van der Waals surface area (Å²) in [5.41, 5.74) is 1.13. The quantitative estimate of drug-likeness (QED) is 0.870. The predicted molar refractivity (Wildman–Crippen MR) is 94.5 cm³/mol. The highest BCUT2D eigenvalue weighted by molar-refractivity contribution is 6.11. The second-order valence-corrected chi connectivity index (χ2v) is 6.73. The van der Waals surface area contributed by atoms with Crippen molar-refractivity contribution in [2.75, 3.05) is 11.4 Å². The summed E-state index contributed by atoms with van der Waals surface area (Å²) in [5.74, 6) is -1.03. The lowest BCUT2D eigenvalue weighted by Gasteiger charge is -2.28. The zero-order valence-corrected chi connectivity index (χ0v) is 14.4. The van der Waals surface area contributed by atoms with Crippen LogP contribution in [0.4, 0.5) is 10.1 Å². The number of fused-ring (bicyclic) bond motifs is 1. The van der Waals surface area contributed by atoms with E-state index in [1.807, 2.05) is 24.3 Å². The molecule has 0 spiro atoms. The van der Waals surface area contributed by atoms with Crippen LogP contribution in [0.3, 0.4) is 0 Å². The largest absolute Gasteiger partial charge is 0.351 e. The Balaban J connectivity index is 1.71. The molecule has 0 saturated carbocycles. The van der Waals surface area contributed by atoms with Gasteiger partial charge in [-0.2, -0.15) is 0 Å². The average molecular weight is 340 g/mol. The molecule has 1 aliphatic heterocycles. The van der Waals surface area contributed by atoms with Crippen LogP contribution in [-0.2, 0) is 22.6 Å².